The van der Waals surface area contributed by atoms with E-state index in [1.165, 1.54) is 16.7 Å². The van der Waals surface area contributed by atoms with Crippen LogP contribution >= 0.6 is 0 Å². The van der Waals surface area contributed by atoms with Gasteiger partial charge >= 0.3 is 11.4 Å². The van der Waals surface area contributed by atoms with E-state index in [0.717, 1.165) is 12.1 Å². The summed E-state index contributed by atoms with van der Waals surface area (Å²) in [5, 5.41) is 0.250. The SMILES string of the molecule is O=c1oc(=O)n(Cc2ccc(F)c(F)c2)c2ccccc12. The van der Waals surface area contributed by atoms with E-state index < -0.39 is 23.0 Å². The van der Waals surface area contributed by atoms with E-state index in [-0.39, 0.29) is 11.9 Å². The van der Waals surface area contributed by atoms with Gasteiger partial charge in [0.05, 0.1) is 17.4 Å². The molecular weight excluding hydrogens is 280 g/mol. The van der Waals surface area contributed by atoms with Gasteiger partial charge in [-0.2, -0.15) is 0 Å². The molecule has 0 bridgehead atoms. The van der Waals surface area contributed by atoms with E-state index in [2.05, 4.69) is 4.42 Å². The van der Waals surface area contributed by atoms with E-state index in [1.54, 1.807) is 18.2 Å². The Morgan fingerprint density at radius 3 is 2.52 bits per heavy atom. The third-order valence-corrected chi connectivity index (χ3v) is 3.14. The Bertz CT molecular complexity index is 944. The highest BCUT2D eigenvalue weighted by Crippen LogP contribution is 2.12. The molecule has 3 rings (SSSR count). The number of halogens is 2. The van der Waals surface area contributed by atoms with Crippen molar-refractivity contribution < 1.29 is 13.2 Å². The molecule has 0 amide bonds. The summed E-state index contributed by atoms with van der Waals surface area (Å²) >= 11 is 0. The number of hydrogen-bond acceptors (Lipinski definition) is 3. The number of nitrogens with zero attached hydrogens (tertiary/aromatic N) is 1. The van der Waals surface area contributed by atoms with Crippen LogP contribution in [0.5, 0.6) is 0 Å². The maximum Gasteiger partial charge on any atom is 0.422 e. The smallest absolute Gasteiger partial charge is 0.372 e. The second-order valence-corrected chi connectivity index (χ2v) is 4.51. The zero-order chi connectivity index (χ0) is 15.0. The molecular formula is C15H9F2NO3. The first-order valence-corrected chi connectivity index (χ1v) is 6.13. The third-order valence-electron chi connectivity index (χ3n) is 3.14. The van der Waals surface area contributed by atoms with Crippen LogP contribution in [-0.4, -0.2) is 4.57 Å². The highest BCUT2D eigenvalue weighted by Gasteiger charge is 2.10. The number of fused-ring (bicyclic) bond motifs is 1. The molecule has 0 fully saturated rings. The summed E-state index contributed by atoms with van der Waals surface area (Å²) in [5.41, 5.74) is 0.0376. The predicted molar refractivity (Wildman–Crippen MR) is 72.2 cm³/mol. The van der Waals surface area contributed by atoms with Crippen LogP contribution in [0.25, 0.3) is 10.9 Å². The van der Waals surface area contributed by atoms with Crippen molar-refractivity contribution in [2.45, 2.75) is 6.54 Å². The molecule has 4 nitrogen and oxygen atoms in total. The normalized spacial score (nSPS) is 11.0. The van der Waals surface area contributed by atoms with E-state index in [4.69, 9.17) is 0 Å². The Hall–Kier alpha value is -2.76. The number of para-hydroxylation sites is 1. The number of hydrogen-bond donors (Lipinski definition) is 0. The van der Waals surface area contributed by atoms with Crippen LogP contribution in [0.4, 0.5) is 8.78 Å². The fourth-order valence-electron chi connectivity index (χ4n) is 2.14. The summed E-state index contributed by atoms with van der Waals surface area (Å²) < 4.78 is 32.0. The second-order valence-electron chi connectivity index (χ2n) is 4.51. The largest absolute Gasteiger partial charge is 0.422 e. The van der Waals surface area contributed by atoms with Gasteiger partial charge in [0.2, 0.25) is 0 Å². The summed E-state index contributed by atoms with van der Waals surface area (Å²) in [7, 11) is 0. The quantitative estimate of drug-likeness (QED) is 0.727. The molecule has 0 spiro atoms. The van der Waals surface area contributed by atoms with Gasteiger partial charge in [-0.1, -0.05) is 18.2 Å². The van der Waals surface area contributed by atoms with Crippen molar-refractivity contribution in [1.82, 2.24) is 4.57 Å². The van der Waals surface area contributed by atoms with Gasteiger partial charge in [0.25, 0.3) is 0 Å². The summed E-state index contributed by atoms with van der Waals surface area (Å²) in [4.78, 5) is 23.5. The van der Waals surface area contributed by atoms with Crippen molar-refractivity contribution in [2.24, 2.45) is 0 Å². The molecule has 0 aliphatic carbocycles. The van der Waals surface area contributed by atoms with Gasteiger partial charge in [-0.25, -0.2) is 18.4 Å². The molecule has 3 aromatic rings. The van der Waals surface area contributed by atoms with Crippen molar-refractivity contribution in [3.8, 4) is 0 Å². The van der Waals surface area contributed by atoms with Gasteiger partial charge in [0.1, 0.15) is 0 Å². The Balaban J connectivity index is 2.18. The zero-order valence-corrected chi connectivity index (χ0v) is 10.7. The van der Waals surface area contributed by atoms with Gasteiger partial charge in [0, 0.05) is 0 Å². The van der Waals surface area contributed by atoms with Gasteiger partial charge in [-0.05, 0) is 29.8 Å². The van der Waals surface area contributed by atoms with E-state index in [1.807, 2.05) is 0 Å². The molecule has 106 valence electrons. The summed E-state index contributed by atoms with van der Waals surface area (Å²) in [6, 6.07) is 9.79. The standard InChI is InChI=1S/C15H9F2NO3/c16-11-6-5-9(7-12(11)17)8-18-13-4-2-1-3-10(13)14(19)21-15(18)20/h1-7H,8H2. The van der Waals surface area contributed by atoms with Crippen molar-refractivity contribution >= 4 is 10.9 Å². The molecule has 0 unspecified atom stereocenters. The van der Waals surface area contributed by atoms with Crippen LogP contribution in [0, 0.1) is 11.6 Å². The van der Waals surface area contributed by atoms with Gasteiger partial charge < -0.3 is 4.42 Å². The molecule has 1 aromatic heterocycles. The highest BCUT2D eigenvalue weighted by atomic mass is 19.2. The van der Waals surface area contributed by atoms with Crippen LogP contribution in [0.15, 0.2) is 56.5 Å². The zero-order valence-electron chi connectivity index (χ0n) is 10.7. The average Bonchev–Trinajstić information content (AvgIpc) is 2.47. The summed E-state index contributed by atoms with van der Waals surface area (Å²) in [6.07, 6.45) is 0. The molecule has 21 heavy (non-hydrogen) atoms. The first kappa shape index (κ1) is 13.2. The lowest BCUT2D eigenvalue weighted by atomic mass is 10.2. The topological polar surface area (TPSA) is 52.2 Å². The lowest BCUT2D eigenvalue weighted by molar-refractivity contribution is 0.424. The van der Waals surface area contributed by atoms with Crippen LogP contribution in [-0.2, 0) is 6.54 Å². The highest BCUT2D eigenvalue weighted by molar-refractivity contribution is 5.77. The molecule has 0 saturated heterocycles. The summed E-state index contributed by atoms with van der Waals surface area (Å²) in [6.45, 7) is -0.0275. The van der Waals surface area contributed by atoms with Crippen molar-refractivity contribution in [1.29, 1.82) is 0 Å². The molecule has 0 saturated carbocycles. The Kier molecular flexibility index (Phi) is 3.13. The van der Waals surface area contributed by atoms with Gasteiger partial charge in [0.15, 0.2) is 11.6 Å². The fraction of sp³-hybridized carbons (Fsp3) is 0.0667. The molecule has 6 heteroatoms. The third kappa shape index (κ3) is 2.35. The number of rotatable bonds is 2. The molecule has 0 N–H and O–H groups in total. The van der Waals surface area contributed by atoms with Crippen LogP contribution < -0.4 is 11.4 Å². The monoisotopic (exact) mass is 289 g/mol. The predicted octanol–water partition coefficient (Wildman–Crippen LogP) is 2.28. The number of benzene rings is 2. The Labute approximate surface area is 116 Å². The maximum absolute atomic E-state index is 13.2. The first-order valence-electron chi connectivity index (χ1n) is 6.13. The van der Waals surface area contributed by atoms with E-state index in [0.29, 0.717) is 11.1 Å². The average molecular weight is 289 g/mol. The van der Waals surface area contributed by atoms with E-state index >= 15 is 0 Å². The van der Waals surface area contributed by atoms with Crippen molar-refractivity contribution in [3.63, 3.8) is 0 Å². The van der Waals surface area contributed by atoms with E-state index in [9.17, 15) is 18.4 Å². The second kappa shape index (κ2) is 4.97. The molecule has 0 atom stereocenters. The van der Waals surface area contributed by atoms with Crippen LogP contribution in [0.3, 0.4) is 0 Å². The molecule has 1 heterocycles. The fourth-order valence-corrected chi connectivity index (χ4v) is 2.14. The van der Waals surface area contributed by atoms with Crippen molar-refractivity contribution in [3.05, 3.63) is 80.6 Å². The minimum atomic E-state index is -0.998. The first-order chi connectivity index (χ1) is 10.1. The van der Waals surface area contributed by atoms with Crippen LogP contribution in [0.2, 0.25) is 0 Å². The van der Waals surface area contributed by atoms with Gasteiger partial charge in [-0.3, -0.25) is 4.57 Å². The Morgan fingerprint density at radius 2 is 1.76 bits per heavy atom. The minimum absolute atomic E-state index is 0.0275. The lowest BCUT2D eigenvalue weighted by Gasteiger charge is -2.08. The summed E-state index contributed by atoms with van der Waals surface area (Å²) in [5.74, 6) is -2.80. The Morgan fingerprint density at radius 1 is 1.00 bits per heavy atom. The number of aromatic nitrogens is 1. The van der Waals surface area contributed by atoms with Gasteiger partial charge in [-0.15, -0.1) is 0 Å². The maximum atomic E-state index is 13.2. The lowest BCUT2D eigenvalue weighted by Crippen LogP contribution is -2.25. The molecule has 2 aromatic carbocycles. The molecule has 0 radical (unpaired) electrons. The van der Waals surface area contributed by atoms with Crippen LogP contribution in [0.1, 0.15) is 5.56 Å². The molecule has 0 aliphatic heterocycles. The van der Waals surface area contributed by atoms with Crippen molar-refractivity contribution in [2.75, 3.05) is 0 Å². The molecule has 0 aliphatic rings. The minimum Gasteiger partial charge on any atom is -0.372 e.